The van der Waals surface area contributed by atoms with Crippen LogP contribution in [0.5, 0.6) is 0 Å². The first-order valence-electron chi connectivity index (χ1n) is 8.60. The Morgan fingerprint density at radius 1 is 0.786 bits per heavy atom. The number of nitrogens with one attached hydrogen (secondary N) is 2. The first-order valence-corrected chi connectivity index (χ1v) is 8.60. The molecule has 0 aromatic heterocycles. The predicted octanol–water partition coefficient (Wildman–Crippen LogP) is 4.46. The Hall–Kier alpha value is -4.17. The lowest BCUT2D eigenvalue weighted by Gasteiger charge is -2.06. The Morgan fingerprint density at radius 3 is 2.14 bits per heavy atom. The van der Waals surface area contributed by atoms with E-state index in [-0.39, 0.29) is 11.8 Å². The van der Waals surface area contributed by atoms with Gasteiger partial charge >= 0.3 is 0 Å². The molecule has 0 spiro atoms. The molecular weight excluding hydrogens is 350 g/mol. The van der Waals surface area contributed by atoms with E-state index >= 15 is 0 Å². The molecule has 0 atom stereocenters. The van der Waals surface area contributed by atoms with Crippen LogP contribution in [0.4, 0.5) is 11.4 Å². The molecule has 5 nitrogen and oxygen atoms in total. The summed E-state index contributed by atoms with van der Waals surface area (Å²) in [7, 11) is 0. The number of benzene rings is 3. The molecule has 2 N–H and O–H groups in total. The van der Waals surface area contributed by atoms with Gasteiger partial charge in [0.05, 0.1) is 11.6 Å². The highest BCUT2D eigenvalue weighted by molar-refractivity contribution is 6.05. The maximum atomic E-state index is 12.2. The highest BCUT2D eigenvalue weighted by Crippen LogP contribution is 2.13. The van der Waals surface area contributed by atoms with Crippen molar-refractivity contribution < 1.29 is 9.59 Å². The zero-order valence-corrected chi connectivity index (χ0v) is 14.9. The molecule has 5 heteroatoms. The van der Waals surface area contributed by atoms with E-state index in [2.05, 4.69) is 16.7 Å². The first-order chi connectivity index (χ1) is 13.7. The van der Waals surface area contributed by atoms with Gasteiger partial charge in [-0.05, 0) is 54.1 Å². The second-order valence-corrected chi connectivity index (χ2v) is 5.92. The average molecular weight is 367 g/mol. The van der Waals surface area contributed by atoms with Crippen molar-refractivity contribution in [2.75, 3.05) is 10.6 Å². The quantitative estimate of drug-likeness (QED) is 0.653. The molecular formula is C23H17N3O2. The van der Waals surface area contributed by atoms with Gasteiger partial charge in [0.2, 0.25) is 5.91 Å². The van der Waals surface area contributed by atoms with Crippen LogP contribution in [-0.2, 0) is 4.79 Å². The molecule has 0 saturated carbocycles. The van der Waals surface area contributed by atoms with Crippen molar-refractivity contribution in [2.45, 2.75) is 0 Å². The fourth-order valence-corrected chi connectivity index (χ4v) is 2.52. The monoisotopic (exact) mass is 367 g/mol. The molecule has 136 valence electrons. The second-order valence-electron chi connectivity index (χ2n) is 5.92. The zero-order valence-electron chi connectivity index (χ0n) is 14.9. The summed E-state index contributed by atoms with van der Waals surface area (Å²) < 4.78 is 0. The maximum absolute atomic E-state index is 12.2. The predicted molar refractivity (Wildman–Crippen MR) is 110 cm³/mol. The van der Waals surface area contributed by atoms with Crippen LogP contribution in [0.25, 0.3) is 6.08 Å². The van der Waals surface area contributed by atoms with Crippen LogP contribution in [0.1, 0.15) is 21.5 Å². The number of rotatable bonds is 5. The number of nitrogens with zero attached hydrogens (tertiary/aromatic N) is 1. The van der Waals surface area contributed by atoms with Crippen molar-refractivity contribution in [3.05, 3.63) is 102 Å². The minimum absolute atomic E-state index is 0.225. The number of carbonyl (C=O) groups is 2. The molecule has 0 heterocycles. The molecule has 0 unspecified atom stereocenters. The standard InChI is InChI=1S/C23H17N3O2/c24-16-19-7-5-4-6-17(19)12-15-22(27)25-21-13-10-18(11-14-21)23(28)26-20-8-2-1-3-9-20/h1-15H,(H,25,27)(H,26,28). The normalized spacial score (nSPS) is 10.2. The summed E-state index contributed by atoms with van der Waals surface area (Å²) >= 11 is 0. The lowest BCUT2D eigenvalue weighted by molar-refractivity contribution is -0.111. The van der Waals surface area contributed by atoms with Gasteiger partial charge in [0.1, 0.15) is 0 Å². The van der Waals surface area contributed by atoms with Gasteiger partial charge in [0, 0.05) is 23.0 Å². The van der Waals surface area contributed by atoms with E-state index in [0.717, 1.165) is 0 Å². The van der Waals surface area contributed by atoms with E-state index < -0.39 is 0 Å². The fraction of sp³-hybridized carbons (Fsp3) is 0. The van der Waals surface area contributed by atoms with Gasteiger partial charge in [-0.25, -0.2) is 0 Å². The van der Waals surface area contributed by atoms with Crippen molar-refractivity contribution in [3.8, 4) is 6.07 Å². The van der Waals surface area contributed by atoms with Gasteiger partial charge < -0.3 is 10.6 Å². The summed E-state index contributed by atoms with van der Waals surface area (Å²) in [6.07, 6.45) is 2.96. The molecule has 0 saturated heterocycles. The number of nitriles is 1. The summed E-state index contributed by atoms with van der Waals surface area (Å²) in [5.74, 6) is -0.550. The minimum atomic E-state index is -0.325. The van der Waals surface area contributed by atoms with Crippen LogP contribution in [0.15, 0.2) is 84.9 Å². The molecule has 3 aromatic carbocycles. The van der Waals surface area contributed by atoms with Crippen molar-refractivity contribution in [1.29, 1.82) is 5.26 Å². The van der Waals surface area contributed by atoms with Gasteiger partial charge in [0.15, 0.2) is 0 Å². The molecule has 0 fully saturated rings. The zero-order chi connectivity index (χ0) is 19.8. The molecule has 0 bridgehead atoms. The van der Waals surface area contributed by atoms with Crippen LogP contribution in [0.2, 0.25) is 0 Å². The molecule has 2 amide bonds. The van der Waals surface area contributed by atoms with Gasteiger partial charge in [-0.3, -0.25) is 9.59 Å². The van der Waals surface area contributed by atoms with E-state index in [0.29, 0.717) is 28.1 Å². The molecule has 3 rings (SSSR count). The van der Waals surface area contributed by atoms with Gasteiger partial charge in [-0.2, -0.15) is 5.26 Å². The van der Waals surface area contributed by atoms with Crippen LogP contribution < -0.4 is 10.6 Å². The number of amides is 2. The number of hydrogen-bond acceptors (Lipinski definition) is 3. The Kier molecular flexibility index (Phi) is 5.96. The highest BCUT2D eigenvalue weighted by Gasteiger charge is 2.06. The molecule has 0 radical (unpaired) electrons. The van der Waals surface area contributed by atoms with E-state index in [9.17, 15) is 9.59 Å². The van der Waals surface area contributed by atoms with Gasteiger partial charge in [-0.15, -0.1) is 0 Å². The summed E-state index contributed by atoms with van der Waals surface area (Å²) in [5, 5.41) is 14.6. The molecule has 28 heavy (non-hydrogen) atoms. The smallest absolute Gasteiger partial charge is 0.255 e. The van der Waals surface area contributed by atoms with Gasteiger partial charge in [0.25, 0.3) is 5.91 Å². The Balaban J connectivity index is 1.61. The average Bonchev–Trinajstić information content (AvgIpc) is 2.73. The van der Waals surface area contributed by atoms with Crippen LogP contribution >= 0.6 is 0 Å². The van der Waals surface area contributed by atoms with Crippen LogP contribution in [-0.4, -0.2) is 11.8 Å². The van der Waals surface area contributed by atoms with Crippen molar-refractivity contribution >= 4 is 29.3 Å². The Labute approximate surface area is 162 Å². The van der Waals surface area contributed by atoms with Crippen molar-refractivity contribution in [1.82, 2.24) is 0 Å². The number of carbonyl (C=O) groups excluding carboxylic acids is 2. The van der Waals surface area contributed by atoms with Crippen LogP contribution in [0, 0.1) is 11.3 Å². The molecule has 3 aromatic rings. The third-order valence-corrected chi connectivity index (χ3v) is 3.94. The van der Waals surface area contributed by atoms with E-state index in [1.54, 1.807) is 54.6 Å². The fourth-order valence-electron chi connectivity index (χ4n) is 2.52. The largest absolute Gasteiger partial charge is 0.323 e. The summed E-state index contributed by atoms with van der Waals surface area (Å²) in [6, 6.07) is 24.9. The Bertz CT molecular complexity index is 1050. The lowest BCUT2D eigenvalue weighted by atomic mass is 10.1. The topological polar surface area (TPSA) is 82.0 Å². The van der Waals surface area contributed by atoms with Gasteiger partial charge in [-0.1, -0.05) is 36.4 Å². The number of hydrogen-bond donors (Lipinski definition) is 2. The van der Waals surface area contributed by atoms with E-state index in [1.165, 1.54) is 6.08 Å². The molecule has 0 aliphatic heterocycles. The van der Waals surface area contributed by atoms with E-state index in [4.69, 9.17) is 5.26 Å². The second kappa shape index (κ2) is 8.97. The Morgan fingerprint density at radius 2 is 1.43 bits per heavy atom. The summed E-state index contributed by atoms with van der Waals surface area (Å²) in [6.45, 7) is 0. The van der Waals surface area contributed by atoms with Crippen molar-refractivity contribution in [2.24, 2.45) is 0 Å². The van der Waals surface area contributed by atoms with Crippen molar-refractivity contribution in [3.63, 3.8) is 0 Å². The third-order valence-electron chi connectivity index (χ3n) is 3.94. The third kappa shape index (κ3) is 4.93. The van der Waals surface area contributed by atoms with E-state index in [1.807, 2.05) is 30.3 Å². The first kappa shape index (κ1) is 18.6. The number of anilines is 2. The maximum Gasteiger partial charge on any atom is 0.255 e. The SMILES string of the molecule is N#Cc1ccccc1C=CC(=O)Nc1ccc(C(=O)Nc2ccccc2)cc1. The summed E-state index contributed by atoms with van der Waals surface area (Å²) in [5.41, 5.74) is 2.95. The summed E-state index contributed by atoms with van der Waals surface area (Å²) in [4.78, 5) is 24.3. The minimum Gasteiger partial charge on any atom is -0.323 e. The highest BCUT2D eigenvalue weighted by atomic mass is 16.2. The molecule has 0 aliphatic carbocycles. The molecule has 0 aliphatic rings. The number of para-hydroxylation sites is 1. The lowest BCUT2D eigenvalue weighted by Crippen LogP contribution is -2.12. The van der Waals surface area contributed by atoms with Crippen LogP contribution in [0.3, 0.4) is 0 Å².